The van der Waals surface area contributed by atoms with Gasteiger partial charge in [-0.1, -0.05) is 109 Å². The minimum atomic E-state index is -0.822. The van der Waals surface area contributed by atoms with Crippen molar-refractivity contribution in [3.8, 4) is 11.4 Å². The van der Waals surface area contributed by atoms with Crippen LogP contribution < -0.4 is 0 Å². The lowest BCUT2D eigenvalue weighted by Gasteiger charge is -2.34. The van der Waals surface area contributed by atoms with Gasteiger partial charge in [0.05, 0.1) is 0 Å². The highest BCUT2D eigenvalue weighted by Crippen LogP contribution is 2.41. The highest BCUT2D eigenvalue weighted by molar-refractivity contribution is 5.65. The molecule has 2 atom stereocenters. The number of tetrazole rings is 1. The van der Waals surface area contributed by atoms with Crippen LogP contribution in [0.25, 0.3) is 11.4 Å². The van der Waals surface area contributed by atoms with Gasteiger partial charge in [-0.2, -0.15) is 0 Å². The molecule has 1 fully saturated rings. The van der Waals surface area contributed by atoms with Gasteiger partial charge in [-0.3, -0.25) is 4.79 Å². The van der Waals surface area contributed by atoms with Crippen LogP contribution in [-0.4, -0.2) is 32.6 Å². The number of carbonyl (C=O) groups is 1. The van der Waals surface area contributed by atoms with E-state index in [0.717, 1.165) is 34.1 Å². The highest BCUT2D eigenvalue weighted by Gasteiger charge is 2.41. The van der Waals surface area contributed by atoms with Crippen LogP contribution in [0.4, 0.5) is 0 Å². The Hall–Kier alpha value is -4.68. The van der Waals surface area contributed by atoms with Crippen LogP contribution in [0.15, 0.2) is 127 Å². The van der Waals surface area contributed by atoms with Crippen molar-refractivity contribution in [2.24, 2.45) is 0 Å². The largest absolute Gasteiger partial charge is 0.360 e. The first kappa shape index (κ1) is 22.8. The highest BCUT2D eigenvalue weighted by atomic mass is 16.6. The molecule has 1 aliphatic heterocycles. The van der Waals surface area contributed by atoms with E-state index in [1.807, 2.05) is 78.9 Å². The summed E-state index contributed by atoms with van der Waals surface area (Å²) in [6, 6.07) is 38.8. The molecule has 5 aromatic rings. The first-order valence-electron chi connectivity index (χ1n) is 12.2. The van der Waals surface area contributed by atoms with Crippen LogP contribution in [0, 0.1) is 0 Å². The Morgan fingerprint density at radius 3 is 1.92 bits per heavy atom. The molecule has 1 saturated heterocycles. The van der Waals surface area contributed by atoms with Gasteiger partial charge in [0.15, 0.2) is 5.54 Å². The molecule has 0 unspecified atom stereocenters. The fourth-order valence-electron chi connectivity index (χ4n) is 4.90. The monoisotopic (exact) mass is 484 g/mol. The van der Waals surface area contributed by atoms with E-state index in [9.17, 15) is 4.79 Å². The van der Waals surface area contributed by atoms with Crippen molar-refractivity contribution in [2.75, 3.05) is 0 Å². The summed E-state index contributed by atoms with van der Waals surface area (Å²) in [4.78, 5) is 12.4. The second-order valence-corrected chi connectivity index (χ2v) is 8.88. The smallest absolute Gasteiger partial charge is 0.204 e. The normalized spacial score (nSPS) is 17.1. The molecule has 0 bridgehead atoms. The first-order chi connectivity index (χ1) is 18.3. The zero-order valence-corrected chi connectivity index (χ0v) is 20.0. The lowest BCUT2D eigenvalue weighted by Crippen LogP contribution is -2.39. The molecular formula is C31H24N4O2. The third-order valence-corrected chi connectivity index (χ3v) is 6.67. The average molecular weight is 485 g/mol. The Labute approximate surface area is 214 Å². The molecule has 1 aliphatic rings. The second-order valence-electron chi connectivity index (χ2n) is 8.88. The van der Waals surface area contributed by atoms with Gasteiger partial charge in [0.2, 0.25) is 5.82 Å². The predicted octanol–water partition coefficient (Wildman–Crippen LogP) is 5.38. The maximum absolute atomic E-state index is 10.6. The van der Waals surface area contributed by atoms with Crippen LogP contribution in [0.3, 0.4) is 0 Å². The maximum Gasteiger partial charge on any atom is 0.204 e. The van der Waals surface area contributed by atoms with Gasteiger partial charge >= 0.3 is 0 Å². The van der Waals surface area contributed by atoms with E-state index >= 15 is 0 Å². The molecule has 0 amide bonds. The van der Waals surface area contributed by atoms with Crippen molar-refractivity contribution in [1.29, 1.82) is 0 Å². The summed E-state index contributed by atoms with van der Waals surface area (Å²) < 4.78 is 5.72. The van der Waals surface area contributed by atoms with Crippen molar-refractivity contribution < 1.29 is 9.53 Å². The Bertz CT molecular complexity index is 1430. The number of nitrogens with zero attached hydrogens (tertiary/aromatic N) is 4. The predicted molar refractivity (Wildman–Crippen MR) is 141 cm³/mol. The number of epoxide rings is 1. The summed E-state index contributed by atoms with van der Waals surface area (Å²) in [7, 11) is 0. The summed E-state index contributed by atoms with van der Waals surface area (Å²) in [5.41, 5.74) is 4.12. The minimum absolute atomic E-state index is 0.0803. The molecule has 4 aromatic carbocycles. The van der Waals surface area contributed by atoms with E-state index in [1.54, 1.807) is 10.9 Å². The number of allylic oxidation sites excluding steroid dienone is 1. The molecule has 6 nitrogen and oxygen atoms in total. The minimum Gasteiger partial charge on any atom is -0.360 e. The summed E-state index contributed by atoms with van der Waals surface area (Å²) in [6.07, 6.45) is 3.83. The lowest BCUT2D eigenvalue weighted by molar-refractivity contribution is -0.104. The number of benzene rings is 4. The Morgan fingerprint density at radius 2 is 1.35 bits per heavy atom. The molecule has 0 N–H and O–H groups in total. The van der Waals surface area contributed by atoms with Gasteiger partial charge in [0.1, 0.15) is 18.5 Å². The number of hydrogen-bond acceptors (Lipinski definition) is 5. The third kappa shape index (κ3) is 4.17. The van der Waals surface area contributed by atoms with E-state index in [1.165, 1.54) is 6.08 Å². The number of hydrogen-bond donors (Lipinski definition) is 0. The number of carbonyl (C=O) groups excluding carboxylic acids is 1. The molecule has 180 valence electrons. The Balaban J connectivity index is 1.48. The van der Waals surface area contributed by atoms with Crippen molar-refractivity contribution in [3.05, 3.63) is 150 Å². The average Bonchev–Trinajstić information content (AvgIpc) is 3.59. The molecule has 0 spiro atoms. The van der Waals surface area contributed by atoms with E-state index < -0.39 is 5.54 Å². The van der Waals surface area contributed by atoms with Crippen LogP contribution in [-0.2, 0) is 15.1 Å². The van der Waals surface area contributed by atoms with Crippen molar-refractivity contribution in [2.45, 2.75) is 17.7 Å². The summed E-state index contributed by atoms with van der Waals surface area (Å²) in [5.74, 6) is 0.523. The molecule has 2 heterocycles. The van der Waals surface area contributed by atoms with Crippen LogP contribution in [0.1, 0.15) is 28.4 Å². The van der Waals surface area contributed by atoms with Crippen LogP contribution in [0.5, 0.6) is 0 Å². The molecule has 6 heteroatoms. The van der Waals surface area contributed by atoms with Crippen molar-refractivity contribution in [3.63, 3.8) is 0 Å². The molecule has 6 rings (SSSR count). The zero-order chi connectivity index (χ0) is 25.1. The molecular weight excluding hydrogens is 460 g/mol. The van der Waals surface area contributed by atoms with E-state index in [0.29, 0.717) is 5.82 Å². The van der Waals surface area contributed by atoms with Crippen LogP contribution in [0.2, 0.25) is 0 Å². The van der Waals surface area contributed by atoms with E-state index in [-0.39, 0.29) is 12.2 Å². The number of aromatic nitrogens is 4. The number of rotatable bonds is 8. The molecule has 0 radical (unpaired) electrons. The number of ether oxygens (including phenoxy) is 1. The fourth-order valence-corrected chi connectivity index (χ4v) is 4.90. The van der Waals surface area contributed by atoms with Gasteiger partial charge in [0, 0.05) is 5.56 Å². The Morgan fingerprint density at radius 1 is 0.757 bits per heavy atom. The van der Waals surface area contributed by atoms with Gasteiger partial charge in [0.25, 0.3) is 0 Å². The summed E-state index contributed by atoms with van der Waals surface area (Å²) in [6.45, 7) is 0. The van der Waals surface area contributed by atoms with Crippen molar-refractivity contribution in [1.82, 2.24) is 20.2 Å². The summed E-state index contributed by atoms with van der Waals surface area (Å²) >= 11 is 0. The molecule has 1 aromatic heterocycles. The topological polar surface area (TPSA) is 73.2 Å². The first-order valence-corrected chi connectivity index (χ1v) is 12.2. The van der Waals surface area contributed by atoms with Gasteiger partial charge in [-0.05, 0) is 45.7 Å². The zero-order valence-electron chi connectivity index (χ0n) is 20.0. The van der Waals surface area contributed by atoms with E-state index in [2.05, 4.69) is 46.7 Å². The number of aldehydes is 1. The maximum atomic E-state index is 10.6. The molecule has 0 aliphatic carbocycles. The fraction of sp³-hybridized carbons (Fsp3) is 0.0968. The third-order valence-electron chi connectivity index (χ3n) is 6.67. The van der Waals surface area contributed by atoms with Crippen molar-refractivity contribution >= 4 is 6.29 Å². The quantitative estimate of drug-likeness (QED) is 0.128. The van der Waals surface area contributed by atoms with Gasteiger partial charge < -0.3 is 4.74 Å². The molecule has 0 saturated carbocycles. The molecule has 37 heavy (non-hydrogen) atoms. The SMILES string of the molecule is O=CC=C[C@@H]1O[C@H]1c1cccc(-c2nnn(C(c3ccccc3)(c3ccccc3)c3ccccc3)n2)c1. The standard InChI is InChI=1S/C31H24N4O2/c36-21-11-20-28-29(37-28)23-12-10-13-24(22-23)30-32-34-35(33-30)31(25-14-4-1-5-15-25,26-16-6-2-7-17-26)27-18-8-3-9-19-27/h1-22,28-29H/t28-,29-/m0/s1. The second kappa shape index (κ2) is 9.76. The lowest BCUT2D eigenvalue weighted by atomic mass is 9.77. The van der Waals surface area contributed by atoms with Gasteiger partial charge in [-0.25, -0.2) is 0 Å². The van der Waals surface area contributed by atoms with Gasteiger partial charge in [-0.15, -0.1) is 15.0 Å². The Kier molecular flexibility index (Phi) is 6.00. The van der Waals surface area contributed by atoms with Crippen LogP contribution >= 0.6 is 0 Å². The summed E-state index contributed by atoms with van der Waals surface area (Å²) in [5, 5.41) is 14.1. The van der Waals surface area contributed by atoms with E-state index in [4.69, 9.17) is 9.84 Å².